The lowest BCUT2D eigenvalue weighted by atomic mass is 10.2. The molecule has 0 saturated carbocycles. The van der Waals surface area contributed by atoms with E-state index >= 15 is 0 Å². The van der Waals surface area contributed by atoms with Crippen LogP contribution >= 0.6 is 11.3 Å². The van der Waals surface area contributed by atoms with Crippen molar-refractivity contribution < 1.29 is 14.6 Å². The standard InChI is InChI=1S/C17H22N2O3S/c1-3-12(2)22-15-6-4-14(5-7-15)19-17(21)18-10-16(20)13-8-9-23-11-13/h4-9,11-12,16,20H,3,10H2,1-2H3,(H2,18,19,21). The molecular weight excluding hydrogens is 312 g/mol. The van der Waals surface area contributed by atoms with Crippen LogP contribution in [0.2, 0.25) is 0 Å². The lowest BCUT2D eigenvalue weighted by Crippen LogP contribution is -2.32. The topological polar surface area (TPSA) is 70.6 Å². The highest BCUT2D eigenvalue weighted by Crippen LogP contribution is 2.18. The molecule has 1 aromatic heterocycles. The van der Waals surface area contributed by atoms with E-state index in [2.05, 4.69) is 17.6 Å². The molecule has 0 aliphatic heterocycles. The first-order chi connectivity index (χ1) is 11.1. The molecule has 0 aliphatic carbocycles. The second kappa shape index (κ2) is 8.55. The van der Waals surface area contributed by atoms with Gasteiger partial charge in [-0.2, -0.15) is 11.3 Å². The third-order valence-corrected chi connectivity index (χ3v) is 4.11. The minimum absolute atomic E-state index is 0.163. The quantitative estimate of drug-likeness (QED) is 0.721. The van der Waals surface area contributed by atoms with Gasteiger partial charge < -0.3 is 20.5 Å². The number of aliphatic hydroxyl groups excluding tert-OH is 1. The summed E-state index contributed by atoms with van der Waals surface area (Å²) in [6.07, 6.45) is 0.406. The number of urea groups is 1. The highest BCUT2D eigenvalue weighted by atomic mass is 32.1. The molecule has 6 heteroatoms. The molecule has 124 valence electrons. The molecule has 2 aromatic rings. The van der Waals surface area contributed by atoms with Crippen molar-refractivity contribution >= 4 is 23.1 Å². The molecule has 3 N–H and O–H groups in total. The van der Waals surface area contributed by atoms with Crippen LogP contribution in [0.25, 0.3) is 0 Å². The van der Waals surface area contributed by atoms with Gasteiger partial charge in [0.1, 0.15) is 5.75 Å². The number of benzene rings is 1. The van der Waals surface area contributed by atoms with Gasteiger partial charge >= 0.3 is 6.03 Å². The molecule has 2 rings (SSSR count). The van der Waals surface area contributed by atoms with Crippen LogP contribution in [0.4, 0.5) is 10.5 Å². The van der Waals surface area contributed by atoms with E-state index in [-0.39, 0.29) is 18.7 Å². The Morgan fingerprint density at radius 3 is 2.65 bits per heavy atom. The summed E-state index contributed by atoms with van der Waals surface area (Å²) in [7, 11) is 0. The number of hydrogen-bond donors (Lipinski definition) is 3. The van der Waals surface area contributed by atoms with E-state index in [4.69, 9.17) is 4.74 Å². The van der Waals surface area contributed by atoms with Gasteiger partial charge in [0.15, 0.2) is 0 Å². The third-order valence-electron chi connectivity index (χ3n) is 3.41. The molecule has 5 nitrogen and oxygen atoms in total. The van der Waals surface area contributed by atoms with Gasteiger partial charge in [-0.25, -0.2) is 4.79 Å². The number of nitrogens with one attached hydrogen (secondary N) is 2. The van der Waals surface area contributed by atoms with E-state index in [1.807, 2.05) is 35.9 Å². The Balaban J connectivity index is 1.78. The number of ether oxygens (including phenoxy) is 1. The van der Waals surface area contributed by atoms with Gasteiger partial charge in [-0.15, -0.1) is 0 Å². The van der Waals surface area contributed by atoms with Gasteiger partial charge in [0, 0.05) is 12.2 Å². The van der Waals surface area contributed by atoms with Crippen molar-refractivity contribution in [3.05, 3.63) is 46.7 Å². The summed E-state index contributed by atoms with van der Waals surface area (Å²) in [5, 5.41) is 19.0. The fraction of sp³-hybridized carbons (Fsp3) is 0.353. The van der Waals surface area contributed by atoms with Gasteiger partial charge in [-0.3, -0.25) is 0 Å². The normalized spacial score (nSPS) is 13.2. The summed E-state index contributed by atoms with van der Waals surface area (Å²) in [6.45, 7) is 4.24. The van der Waals surface area contributed by atoms with Crippen molar-refractivity contribution in [3.63, 3.8) is 0 Å². The summed E-state index contributed by atoms with van der Waals surface area (Å²) in [5.41, 5.74) is 1.48. The minimum atomic E-state index is -0.696. The molecule has 0 saturated heterocycles. The lowest BCUT2D eigenvalue weighted by molar-refractivity contribution is 0.175. The second-order valence-electron chi connectivity index (χ2n) is 5.27. The maximum absolute atomic E-state index is 11.8. The molecule has 0 aliphatic rings. The molecule has 1 heterocycles. The van der Waals surface area contributed by atoms with Crippen molar-refractivity contribution in [1.82, 2.24) is 5.32 Å². The molecule has 0 fully saturated rings. The molecule has 23 heavy (non-hydrogen) atoms. The lowest BCUT2D eigenvalue weighted by Gasteiger charge is -2.14. The average molecular weight is 334 g/mol. The van der Waals surface area contributed by atoms with Crippen LogP contribution in [0.15, 0.2) is 41.1 Å². The van der Waals surface area contributed by atoms with E-state index in [1.54, 1.807) is 12.1 Å². The van der Waals surface area contributed by atoms with Crippen LogP contribution in [-0.2, 0) is 0 Å². The Kier molecular flexibility index (Phi) is 6.43. The average Bonchev–Trinajstić information content (AvgIpc) is 3.09. The molecule has 2 unspecified atom stereocenters. The Hall–Kier alpha value is -2.05. The largest absolute Gasteiger partial charge is 0.491 e. The Bertz CT molecular complexity index is 599. The van der Waals surface area contributed by atoms with Crippen LogP contribution in [0.3, 0.4) is 0 Å². The number of aliphatic hydroxyl groups is 1. The van der Waals surface area contributed by atoms with Crippen molar-refractivity contribution in [1.29, 1.82) is 0 Å². The highest BCUT2D eigenvalue weighted by molar-refractivity contribution is 7.07. The number of anilines is 1. The summed E-state index contributed by atoms with van der Waals surface area (Å²) < 4.78 is 5.68. The van der Waals surface area contributed by atoms with Gasteiger partial charge in [0.25, 0.3) is 0 Å². The molecule has 0 bridgehead atoms. The number of thiophene rings is 1. The van der Waals surface area contributed by atoms with Crippen LogP contribution in [0.5, 0.6) is 5.75 Å². The zero-order chi connectivity index (χ0) is 16.7. The number of amides is 2. The van der Waals surface area contributed by atoms with E-state index in [0.717, 1.165) is 17.7 Å². The Labute approximate surface area is 140 Å². The molecule has 0 radical (unpaired) electrons. The second-order valence-corrected chi connectivity index (χ2v) is 6.05. The van der Waals surface area contributed by atoms with Gasteiger partial charge in [-0.1, -0.05) is 6.92 Å². The first-order valence-electron chi connectivity index (χ1n) is 7.60. The van der Waals surface area contributed by atoms with Gasteiger partial charge in [0.2, 0.25) is 0 Å². The minimum Gasteiger partial charge on any atom is -0.491 e. The van der Waals surface area contributed by atoms with Gasteiger partial charge in [-0.05, 0) is 60.0 Å². The zero-order valence-corrected chi connectivity index (χ0v) is 14.1. The molecule has 0 spiro atoms. The van der Waals surface area contributed by atoms with Gasteiger partial charge in [0.05, 0.1) is 12.2 Å². The van der Waals surface area contributed by atoms with E-state index in [0.29, 0.717) is 5.69 Å². The van der Waals surface area contributed by atoms with Crippen LogP contribution < -0.4 is 15.4 Å². The van der Waals surface area contributed by atoms with E-state index in [1.165, 1.54) is 11.3 Å². The van der Waals surface area contributed by atoms with E-state index < -0.39 is 6.10 Å². The van der Waals surface area contributed by atoms with E-state index in [9.17, 15) is 9.90 Å². The molecule has 1 aromatic carbocycles. The SMILES string of the molecule is CCC(C)Oc1ccc(NC(=O)NCC(O)c2ccsc2)cc1. The van der Waals surface area contributed by atoms with Crippen LogP contribution in [0.1, 0.15) is 31.9 Å². The summed E-state index contributed by atoms with van der Waals surface area (Å²) >= 11 is 1.51. The fourth-order valence-electron chi connectivity index (χ4n) is 1.88. The first kappa shape index (κ1) is 17.3. The molecule has 2 amide bonds. The Morgan fingerprint density at radius 2 is 2.04 bits per heavy atom. The van der Waals surface area contributed by atoms with Crippen LogP contribution in [-0.4, -0.2) is 23.8 Å². The van der Waals surface area contributed by atoms with Crippen molar-refractivity contribution in [2.75, 3.05) is 11.9 Å². The third kappa shape index (κ3) is 5.58. The number of carbonyl (C=O) groups excluding carboxylic acids is 1. The summed E-state index contributed by atoms with van der Waals surface area (Å²) in [5.74, 6) is 0.776. The predicted molar refractivity (Wildman–Crippen MR) is 93.1 cm³/mol. The fourth-order valence-corrected chi connectivity index (χ4v) is 2.59. The number of hydrogen-bond acceptors (Lipinski definition) is 4. The smallest absolute Gasteiger partial charge is 0.319 e. The van der Waals surface area contributed by atoms with Crippen molar-refractivity contribution in [2.45, 2.75) is 32.5 Å². The maximum Gasteiger partial charge on any atom is 0.319 e. The van der Waals surface area contributed by atoms with Crippen molar-refractivity contribution in [2.24, 2.45) is 0 Å². The first-order valence-corrected chi connectivity index (χ1v) is 8.54. The summed E-state index contributed by atoms with van der Waals surface area (Å²) in [4.78, 5) is 11.8. The van der Waals surface area contributed by atoms with Crippen molar-refractivity contribution in [3.8, 4) is 5.75 Å². The number of carbonyl (C=O) groups is 1. The van der Waals surface area contributed by atoms with Crippen LogP contribution in [0, 0.1) is 0 Å². The highest BCUT2D eigenvalue weighted by Gasteiger charge is 2.10. The molecular formula is C17H22N2O3S. The number of rotatable bonds is 7. The predicted octanol–water partition coefficient (Wildman–Crippen LogP) is 3.78. The Morgan fingerprint density at radius 1 is 1.30 bits per heavy atom. The molecule has 2 atom stereocenters. The monoisotopic (exact) mass is 334 g/mol. The zero-order valence-electron chi connectivity index (χ0n) is 13.3. The maximum atomic E-state index is 11.8. The summed E-state index contributed by atoms with van der Waals surface area (Å²) in [6, 6.07) is 8.70.